The highest BCUT2D eigenvalue weighted by Gasteiger charge is 2.17. The highest BCUT2D eigenvalue weighted by Crippen LogP contribution is 2.19. The fourth-order valence-corrected chi connectivity index (χ4v) is 2.29. The van der Waals surface area contributed by atoms with Crippen molar-refractivity contribution in [2.75, 3.05) is 18.5 Å². The Morgan fingerprint density at radius 2 is 2.05 bits per heavy atom. The second-order valence-corrected chi connectivity index (χ2v) is 5.73. The second-order valence-electron chi connectivity index (χ2n) is 5.73. The molecule has 0 unspecified atom stereocenters. The van der Waals surface area contributed by atoms with E-state index in [2.05, 4.69) is 13.8 Å². The number of benzene rings is 1. The van der Waals surface area contributed by atoms with Crippen LogP contribution in [0.3, 0.4) is 0 Å². The number of carbonyl (C=O) groups excluding carboxylic acids is 1. The van der Waals surface area contributed by atoms with Gasteiger partial charge in [-0.25, -0.2) is 0 Å². The largest absolute Gasteiger partial charge is 0.330 e. The first-order chi connectivity index (χ1) is 8.93. The molecular formula is C16H26N2O. The summed E-state index contributed by atoms with van der Waals surface area (Å²) in [6.45, 7) is 6.93. The van der Waals surface area contributed by atoms with Gasteiger partial charge in [0.2, 0.25) is 5.91 Å². The van der Waals surface area contributed by atoms with Crippen molar-refractivity contribution in [3.63, 3.8) is 0 Å². The van der Waals surface area contributed by atoms with E-state index < -0.39 is 0 Å². The summed E-state index contributed by atoms with van der Waals surface area (Å²) in [4.78, 5) is 14.0. The SMILES string of the molecule is Cc1cccc(N(C)C(=O)C[C@@H](CN)CC(C)C)c1. The van der Waals surface area contributed by atoms with E-state index in [-0.39, 0.29) is 11.8 Å². The van der Waals surface area contributed by atoms with Crippen LogP contribution in [-0.4, -0.2) is 19.5 Å². The van der Waals surface area contributed by atoms with Crippen molar-refractivity contribution < 1.29 is 4.79 Å². The Morgan fingerprint density at radius 1 is 1.37 bits per heavy atom. The summed E-state index contributed by atoms with van der Waals surface area (Å²) in [5.74, 6) is 0.993. The van der Waals surface area contributed by atoms with Crippen LogP contribution in [0.1, 0.15) is 32.3 Å². The average Bonchev–Trinajstić information content (AvgIpc) is 2.36. The molecule has 3 heteroatoms. The summed E-state index contributed by atoms with van der Waals surface area (Å²) in [7, 11) is 1.83. The van der Waals surface area contributed by atoms with Gasteiger partial charge >= 0.3 is 0 Å². The van der Waals surface area contributed by atoms with Crippen LogP contribution >= 0.6 is 0 Å². The number of anilines is 1. The molecule has 0 saturated heterocycles. The summed E-state index contributed by atoms with van der Waals surface area (Å²) >= 11 is 0. The maximum atomic E-state index is 12.3. The summed E-state index contributed by atoms with van der Waals surface area (Å²) in [6, 6.07) is 7.99. The fraction of sp³-hybridized carbons (Fsp3) is 0.562. The second kappa shape index (κ2) is 7.29. The Kier molecular flexibility index (Phi) is 6.03. The lowest BCUT2D eigenvalue weighted by Gasteiger charge is -2.22. The van der Waals surface area contributed by atoms with Gasteiger partial charge in [0.1, 0.15) is 0 Å². The van der Waals surface area contributed by atoms with Crippen LogP contribution in [0.5, 0.6) is 0 Å². The zero-order valence-electron chi connectivity index (χ0n) is 12.5. The zero-order chi connectivity index (χ0) is 14.4. The molecule has 106 valence electrons. The Labute approximate surface area is 116 Å². The predicted octanol–water partition coefficient (Wildman–Crippen LogP) is 2.97. The van der Waals surface area contributed by atoms with Crippen LogP contribution in [0.4, 0.5) is 5.69 Å². The molecule has 0 aliphatic heterocycles. The van der Waals surface area contributed by atoms with Crippen LogP contribution in [0.15, 0.2) is 24.3 Å². The highest BCUT2D eigenvalue weighted by molar-refractivity contribution is 5.93. The van der Waals surface area contributed by atoms with Crippen molar-refractivity contribution in [2.24, 2.45) is 17.6 Å². The molecular weight excluding hydrogens is 236 g/mol. The number of aryl methyl sites for hydroxylation is 1. The lowest BCUT2D eigenvalue weighted by atomic mass is 9.94. The third-order valence-electron chi connectivity index (χ3n) is 3.36. The standard InChI is InChI=1S/C16H26N2O/c1-12(2)8-14(11-17)10-16(19)18(4)15-7-5-6-13(3)9-15/h5-7,9,12,14H,8,10-11,17H2,1-4H3/t14-/m0/s1. The third-order valence-corrected chi connectivity index (χ3v) is 3.36. The summed E-state index contributed by atoms with van der Waals surface area (Å²) in [6.07, 6.45) is 1.53. The topological polar surface area (TPSA) is 46.3 Å². The summed E-state index contributed by atoms with van der Waals surface area (Å²) in [5.41, 5.74) is 7.87. The van der Waals surface area contributed by atoms with Crippen LogP contribution in [-0.2, 0) is 4.79 Å². The number of hydrogen-bond acceptors (Lipinski definition) is 2. The molecule has 0 radical (unpaired) electrons. The number of amides is 1. The zero-order valence-corrected chi connectivity index (χ0v) is 12.5. The normalized spacial score (nSPS) is 12.5. The van der Waals surface area contributed by atoms with E-state index in [0.717, 1.165) is 17.7 Å². The number of hydrogen-bond donors (Lipinski definition) is 1. The monoisotopic (exact) mass is 262 g/mol. The van der Waals surface area contributed by atoms with Gasteiger partial charge in [-0.05, 0) is 49.4 Å². The fourth-order valence-electron chi connectivity index (χ4n) is 2.29. The van der Waals surface area contributed by atoms with Gasteiger partial charge < -0.3 is 10.6 Å². The van der Waals surface area contributed by atoms with Crippen molar-refractivity contribution in [1.82, 2.24) is 0 Å². The molecule has 19 heavy (non-hydrogen) atoms. The quantitative estimate of drug-likeness (QED) is 0.856. The van der Waals surface area contributed by atoms with Gasteiger partial charge in [0.25, 0.3) is 0 Å². The number of carbonyl (C=O) groups is 1. The van der Waals surface area contributed by atoms with Gasteiger partial charge in [0.15, 0.2) is 0 Å². The van der Waals surface area contributed by atoms with Gasteiger partial charge in [-0.15, -0.1) is 0 Å². The first-order valence-corrected chi connectivity index (χ1v) is 6.97. The molecule has 1 rings (SSSR count). The van der Waals surface area contributed by atoms with Gasteiger partial charge in [-0.3, -0.25) is 4.79 Å². The van der Waals surface area contributed by atoms with E-state index in [4.69, 9.17) is 5.73 Å². The lowest BCUT2D eigenvalue weighted by Crippen LogP contribution is -2.30. The molecule has 0 spiro atoms. The van der Waals surface area contributed by atoms with E-state index >= 15 is 0 Å². The summed E-state index contributed by atoms with van der Waals surface area (Å²) < 4.78 is 0. The minimum absolute atomic E-state index is 0.140. The molecule has 1 amide bonds. The van der Waals surface area contributed by atoms with Gasteiger partial charge in [-0.1, -0.05) is 26.0 Å². The Hall–Kier alpha value is -1.35. The molecule has 0 fully saturated rings. The van der Waals surface area contributed by atoms with E-state index in [1.807, 2.05) is 38.2 Å². The van der Waals surface area contributed by atoms with E-state index in [1.54, 1.807) is 4.90 Å². The van der Waals surface area contributed by atoms with Gasteiger partial charge in [0.05, 0.1) is 0 Å². The van der Waals surface area contributed by atoms with E-state index in [1.165, 1.54) is 0 Å². The van der Waals surface area contributed by atoms with Crippen molar-refractivity contribution >= 4 is 11.6 Å². The van der Waals surface area contributed by atoms with Crippen LogP contribution in [0, 0.1) is 18.8 Å². The van der Waals surface area contributed by atoms with Gasteiger partial charge in [0, 0.05) is 19.2 Å². The molecule has 1 atom stereocenters. The molecule has 1 aromatic carbocycles. The van der Waals surface area contributed by atoms with Crippen molar-refractivity contribution in [3.8, 4) is 0 Å². The van der Waals surface area contributed by atoms with Gasteiger partial charge in [-0.2, -0.15) is 0 Å². The first-order valence-electron chi connectivity index (χ1n) is 6.97. The molecule has 0 bridgehead atoms. The molecule has 0 aliphatic carbocycles. The smallest absolute Gasteiger partial charge is 0.227 e. The number of rotatable bonds is 6. The van der Waals surface area contributed by atoms with Crippen LogP contribution < -0.4 is 10.6 Å². The summed E-state index contributed by atoms with van der Waals surface area (Å²) in [5, 5.41) is 0. The molecule has 0 aliphatic rings. The minimum atomic E-state index is 0.140. The third kappa shape index (κ3) is 5.03. The van der Waals surface area contributed by atoms with E-state index in [9.17, 15) is 4.79 Å². The predicted molar refractivity (Wildman–Crippen MR) is 81.2 cm³/mol. The lowest BCUT2D eigenvalue weighted by molar-refractivity contribution is -0.119. The number of nitrogens with zero attached hydrogens (tertiary/aromatic N) is 1. The highest BCUT2D eigenvalue weighted by atomic mass is 16.2. The molecule has 0 aromatic heterocycles. The average molecular weight is 262 g/mol. The molecule has 0 heterocycles. The Balaban J connectivity index is 2.66. The maximum Gasteiger partial charge on any atom is 0.227 e. The molecule has 2 N–H and O–H groups in total. The van der Waals surface area contributed by atoms with Crippen LogP contribution in [0.25, 0.3) is 0 Å². The van der Waals surface area contributed by atoms with Crippen molar-refractivity contribution in [2.45, 2.75) is 33.6 Å². The maximum absolute atomic E-state index is 12.3. The van der Waals surface area contributed by atoms with Crippen molar-refractivity contribution in [3.05, 3.63) is 29.8 Å². The van der Waals surface area contributed by atoms with E-state index in [0.29, 0.717) is 18.9 Å². The Bertz CT molecular complexity index is 415. The first kappa shape index (κ1) is 15.7. The Morgan fingerprint density at radius 3 is 2.58 bits per heavy atom. The number of nitrogens with two attached hydrogens (primary N) is 1. The molecule has 3 nitrogen and oxygen atoms in total. The minimum Gasteiger partial charge on any atom is -0.330 e. The molecule has 1 aromatic rings. The van der Waals surface area contributed by atoms with Crippen molar-refractivity contribution in [1.29, 1.82) is 0 Å². The van der Waals surface area contributed by atoms with Crippen LogP contribution in [0.2, 0.25) is 0 Å². The molecule has 0 saturated carbocycles.